The fourth-order valence-electron chi connectivity index (χ4n) is 3.19. The Morgan fingerprint density at radius 1 is 1.06 bits per heavy atom. The Bertz CT molecular complexity index is 764. The highest BCUT2D eigenvalue weighted by Crippen LogP contribution is 2.22. The molecule has 1 rings (SSSR count). The number of unbranched alkanes of at least 4 members (excludes halogenated alkanes) is 5. The molecule has 0 atom stereocenters. The van der Waals surface area contributed by atoms with Crippen LogP contribution < -0.4 is 5.73 Å². The molecule has 0 bridgehead atoms. The molecular formula is C27H42N2O3. The molecule has 32 heavy (non-hydrogen) atoms. The van der Waals surface area contributed by atoms with Gasteiger partial charge in [0, 0.05) is 43.4 Å². The van der Waals surface area contributed by atoms with Crippen molar-refractivity contribution in [3.8, 4) is 0 Å². The molecule has 2 N–H and O–H groups in total. The minimum atomic E-state index is -0.294. The fourth-order valence-corrected chi connectivity index (χ4v) is 3.19. The van der Waals surface area contributed by atoms with Crippen LogP contribution in [0.1, 0.15) is 100 Å². The fraction of sp³-hybridized carbons (Fsp3) is 0.519. The van der Waals surface area contributed by atoms with Crippen LogP contribution in [0.2, 0.25) is 0 Å². The van der Waals surface area contributed by atoms with Gasteiger partial charge >= 0.3 is 5.97 Å². The molecule has 0 amide bonds. The van der Waals surface area contributed by atoms with Crippen molar-refractivity contribution in [2.75, 3.05) is 14.2 Å². The highest BCUT2D eigenvalue weighted by Gasteiger charge is 2.13. The molecule has 0 unspecified atom stereocenters. The SMILES string of the molecule is CC.CCCCCCC/C=C/c1cc(/C(C=NC)=C/N)ccc1C(=O)CCCC(=O)OC. The van der Waals surface area contributed by atoms with Gasteiger partial charge in [-0.25, -0.2) is 0 Å². The number of Topliss-reactive ketones (excluding diaryl/α,β-unsaturated/α-hetero) is 1. The van der Waals surface area contributed by atoms with E-state index < -0.39 is 0 Å². The highest BCUT2D eigenvalue weighted by molar-refractivity contribution is 6.10. The summed E-state index contributed by atoms with van der Waals surface area (Å²) in [5.74, 6) is -0.270. The zero-order valence-electron chi connectivity index (χ0n) is 20.7. The summed E-state index contributed by atoms with van der Waals surface area (Å²) in [7, 11) is 3.05. The monoisotopic (exact) mass is 442 g/mol. The molecule has 0 aliphatic carbocycles. The molecule has 1 aromatic rings. The smallest absolute Gasteiger partial charge is 0.305 e. The van der Waals surface area contributed by atoms with Crippen molar-refractivity contribution < 1.29 is 14.3 Å². The van der Waals surface area contributed by atoms with Crippen molar-refractivity contribution in [1.82, 2.24) is 0 Å². The number of esters is 1. The van der Waals surface area contributed by atoms with Crippen molar-refractivity contribution in [2.24, 2.45) is 10.7 Å². The average Bonchev–Trinajstić information content (AvgIpc) is 2.82. The summed E-state index contributed by atoms with van der Waals surface area (Å²) in [6, 6.07) is 5.70. The lowest BCUT2D eigenvalue weighted by Gasteiger charge is -2.09. The highest BCUT2D eigenvalue weighted by atomic mass is 16.5. The van der Waals surface area contributed by atoms with Gasteiger partial charge in [-0.15, -0.1) is 0 Å². The molecule has 0 aliphatic heterocycles. The normalized spacial score (nSPS) is 11.5. The third-order valence-electron chi connectivity index (χ3n) is 4.92. The number of allylic oxidation sites excluding steroid dienone is 2. The summed E-state index contributed by atoms with van der Waals surface area (Å²) in [5.41, 5.74) is 8.99. The summed E-state index contributed by atoms with van der Waals surface area (Å²) < 4.78 is 4.65. The van der Waals surface area contributed by atoms with Gasteiger partial charge in [0.2, 0.25) is 0 Å². The number of carbonyl (C=O) groups is 2. The van der Waals surface area contributed by atoms with Crippen molar-refractivity contribution in [1.29, 1.82) is 0 Å². The topological polar surface area (TPSA) is 81.8 Å². The first kappa shape index (κ1) is 29.3. The average molecular weight is 443 g/mol. The van der Waals surface area contributed by atoms with E-state index in [-0.39, 0.29) is 18.2 Å². The van der Waals surface area contributed by atoms with Gasteiger partial charge < -0.3 is 10.5 Å². The molecule has 0 fully saturated rings. The van der Waals surface area contributed by atoms with Crippen LogP contribution in [0.25, 0.3) is 11.6 Å². The second-order valence-corrected chi connectivity index (χ2v) is 7.27. The minimum Gasteiger partial charge on any atom is -0.469 e. The predicted octanol–water partition coefficient (Wildman–Crippen LogP) is 6.61. The summed E-state index contributed by atoms with van der Waals surface area (Å²) in [5, 5.41) is 0. The van der Waals surface area contributed by atoms with Crippen LogP contribution in [0.5, 0.6) is 0 Å². The first-order chi connectivity index (χ1) is 15.6. The van der Waals surface area contributed by atoms with E-state index in [1.165, 1.54) is 39.0 Å². The molecule has 5 nitrogen and oxygen atoms in total. The molecule has 5 heteroatoms. The number of hydrogen-bond acceptors (Lipinski definition) is 5. The van der Waals surface area contributed by atoms with Crippen LogP contribution in [0.15, 0.2) is 35.5 Å². The number of nitrogens with zero attached hydrogens (tertiary/aromatic N) is 1. The Morgan fingerprint density at radius 2 is 1.78 bits per heavy atom. The largest absolute Gasteiger partial charge is 0.469 e. The summed E-state index contributed by atoms with van der Waals surface area (Å²) in [6.07, 6.45) is 15.6. The first-order valence-corrected chi connectivity index (χ1v) is 11.8. The maximum Gasteiger partial charge on any atom is 0.305 e. The third-order valence-corrected chi connectivity index (χ3v) is 4.92. The van der Waals surface area contributed by atoms with E-state index in [0.717, 1.165) is 29.5 Å². The minimum absolute atomic E-state index is 0.0236. The molecule has 0 saturated heterocycles. The Labute approximate surface area is 194 Å². The van der Waals surface area contributed by atoms with Gasteiger partial charge in [-0.1, -0.05) is 70.7 Å². The van der Waals surface area contributed by atoms with Gasteiger partial charge in [-0.2, -0.15) is 0 Å². The van der Waals surface area contributed by atoms with Gasteiger partial charge in [0.25, 0.3) is 0 Å². The molecule has 0 heterocycles. The number of ketones is 1. The number of hydrogen-bond donors (Lipinski definition) is 1. The second-order valence-electron chi connectivity index (χ2n) is 7.27. The number of ether oxygens (including phenoxy) is 1. The van der Waals surface area contributed by atoms with E-state index in [1.54, 1.807) is 13.3 Å². The molecule has 0 saturated carbocycles. The van der Waals surface area contributed by atoms with E-state index in [4.69, 9.17) is 5.73 Å². The van der Waals surface area contributed by atoms with Gasteiger partial charge in [0.1, 0.15) is 0 Å². The van der Waals surface area contributed by atoms with E-state index in [2.05, 4.69) is 22.7 Å². The molecule has 0 aliphatic rings. The first-order valence-electron chi connectivity index (χ1n) is 11.8. The van der Waals surface area contributed by atoms with Gasteiger partial charge in [0.05, 0.1) is 7.11 Å². The second kappa shape index (κ2) is 19.0. The summed E-state index contributed by atoms with van der Waals surface area (Å²) >= 11 is 0. The molecule has 0 spiro atoms. The lowest BCUT2D eigenvalue weighted by Crippen LogP contribution is -2.06. The van der Waals surface area contributed by atoms with Crippen LogP contribution >= 0.6 is 0 Å². The Hall–Kier alpha value is -2.69. The number of benzene rings is 1. The van der Waals surface area contributed by atoms with Gasteiger partial charge in [-0.3, -0.25) is 14.6 Å². The van der Waals surface area contributed by atoms with Crippen LogP contribution in [-0.2, 0) is 9.53 Å². The van der Waals surface area contributed by atoms with Crippen molar-refractivity contribution in [3.63, 3.8) is 0 Å². The summed E-state index contributed by atoms with van der Waals surface area (Å²) in [4.78, 5) is 28.1. The number of nitrogens with two attached hydrogens (primary N) is 1. The van der Waals surface area contributed by atoms with E-state index in [1.807, 2.05) is 38.1 Å². The summed E-state index contributed by atoms with van der Waals surface area (Å²) in [6.45, 7) is 6.21. The van der Waals surface area contributed by atoms with Crippen LogP contribution in [-0.4, -0.2) is 32.1 Å². The Kier molecular flexibility index (Phi) is 17.4. The Balaban J connectivity index is 0.00000466. The lowest BCUT2D eigenvalue weighted by atomic mass is 9.95. The van der Waals surface area contributed by atoms with E-state index >= 15 is 0 Å². The molecular weight excluding hydrogens is 400 g/mol. The quantitative estimate of drug-likeness (QED) is 0.152. The van der Waals surface area contributed by atoms with Gasteiger partial charge in [-0.05, 0) is 36.5 Å². The zero-order chi connectivity index (χ0) is 24.2. The number of methoxy groups -OCH3 is 1. The van der Waals surface area contributed by atoms with Crippen molar-refractivity contribution >= 4 is 29.6 Å². The van der Waals surface area contributed by atoms with Gasteiger partial charge in [0.15, 0.2) is 5.78 Å². The number of rotatable bonds is 14. The van der Waals surface area contributed by atoms with Crippen molar-refractivity contribution in [2.45, 2.75) is 78.6 Å². The standard InChI is InChI=1S/C25H36N2O3.C2H6/c1-4-5-6-7-8-9-10-12-21-17-20(22(18-26)19-27-2)15-16-23(21)24(28)13-11-14-25(29)30-3;1-2/h10,12,15-19H,4-9,11,13-14,26H2,1-3H3;1-2H3/b12-10+,22-18+,27-19?;. The van der Waals surface area contributed by atoms with E-state index in [9.17, 15) is 9.59 Å². The maximum absolute atomic E-state index is 12.8. The lowest BCUT2D eigenvalue weighted by molar-refractivity contribution is -0.140. The number of carbonyl (C=O) groups excluding carboxylic acids is 2. The molecule has 0 aromatic heterocycles. The third kappa shape index (κ3) is 11.6. The molecule has 178 valence electrons. The Morgan fingerprint density at radius 3 is 2.41 bits per heavy atom. The molecule has 1 aromatic carbocycles. The number of aliphatic imine (C=N–C) groups is 1. The van der Waals surface area contributed by atoms with Crippen LogP contribution in [0.3, 0.4) is 0 Å². The van der Waals surface area contributed by atoms with Crippen LogP contribution in [0, 0.1) is 0 Å². The van der Waals surface area contributed by atoms with Crippen molar-refractivity contribution in [3.05, 3.63) is 47.2 Å². The molecule has 0 radical (unpaired) electrons. The predicted molar refractivity (Wildman–Crippen MR) is 137 cm³/mol. The van der Waals surface area contributed by atoms with E-state index in [0.29, 0.717) is 18.4 Å². The maximum atomic E-state index is 12.8. The van der Waals surface area contributed by atoms with Crippen LogP contribution in [0.4, 0.5) is 0 Å². The zero-order valence-corrected chi connectivity index (χ0v) is 20.7.